The maximum Gasteiger partial charge on any atom is 0.261 e. The second kappa shape index (κ2) is 7.98. The van der Waals surface area contributed by atoms with Crippen LogP contribution in [0.2, 0.25) is 0 Å². The van der Waals surface area contributed by atoms with E-state index in [1.807, 2.05) is 18.1 Å². The van der Waals surface area contributed by atoms with Gasteiger partial charge in [0.1, 0.15) is 0 Å². The highest BCUT2D eigenvalue weighted by atomic mass is 16.5. The molecule has 0 unspecified atom stereocenters. The molecule has 2 aromatic heterocycles. The van der Waals surface area contributed by atoms with E-state index in [-0.39, 0.29) is 17.7 Å². The van der Waals surface area contributed by atoms with E-state index in [1.54, 1.807) is 35.1 Å². The number of hydrogen-bond donors (Lipinski definition) is 0. The zero-order valence-corrected chi connectivity index (χ0v) is 16.5. The summed E-state index contributed by atoms with van der Waals surface area (Å²) in [4.78, 5) is 31.1. The van der Waals surface area contributed by atoms with Crippen LogP contribution in [0.15, 0.2) is 41.2 Å². The average molecular weight is 393 g/mol. The molecule has 1 atom stereocenters. The fourth-order valence-corrected chi connectivity index (χ4v) is 3.65. The molecule has 0 N–H and O–H groups in total. The van der Waals surface area contributed by atoms with Crippen LogP contribution in [0.25, 0.3) is 11.5 Å². The van der Waals surface area contributed by atoms with E-state index in [4.69, 9.17) is 4.52 Å². The minimum atomic E-state index is -0.244. The number of likely N-dealkylation sites (tertiary alicyclic amines) is 1. The van der Waals surface area contributed by atoms with Crippen LogP contribution >= 0.6 is 0 Å². The van der Waals surface area contributed by atoms with Gasteiger partial charge in [-0.1, -0.05) is 30.1 Å². The van der Waals surface area contributed by atoms with Crippen molar-refractivity contribution in [2.24, 2.45) is 7.05 Å². The fourth-order valence-electron chi connectivity index (χ4n) is 3.65. The predicted molar refractivity (Wildman–Crippen MR) is 105 cm³/mol. The topological polar surface area (TPSA) is 94.1 Å². The molecule has 1 aromatic carbocycles. The summed E-state index contributed by atoms with van der Waals surface area (Å²) >= 11 is 0. The van der Waals surface area contributed by atoms with Crippen LogP contribution < -0.4 is 0 Å². The molecule has 0 bridgehead atoms. The third kappa shape index (κ3) is 3.96. The van der Waals surface area contributed by atoms with Crippen LogP contribution in [0.1, 0.15) is 65.2 Å². The number of amides is 1. The average Bonchev–Trinajstić information content (AvgIpc) is 3.30. The van der Waals surface area contributed by atoms with Gasteiger partial charge in [0, 0.05) is 30.9 Å². The Hall–Kier alpha value is -3.29. The minimum Gasteiger partial charge on any atom is -0.334 e. The second-order valence-corrected chi connectivity index (χ2v) is 7.36. The summed E-state index contributed by atoms with van der Waals surface area (Å²) in [6.07, 6.45) is 7.24. The molecular weight excluding hydrogens is 370 g/mol. The number of carbonyl (C=O) groups is 2. The van der Waals surface area contributed by atoms with Gasteiger partial charge >= 0.3 is 0 Å². The van der Waals surface area contributed by atoms with Gasteiger partial charge in [-0.15, -0.1) is 0 Å². The lowest BCUT2D eigenvalue weighted by Crippen LogP contribution is -2.35. The first-order valence-corrected chi connectivity index (χ1v) is 9.77. The molecule has 0 saturated carbocycles. The highest BCUT2D eigenvalue weighted by Gasteiger charge is 2.31. The minimum absolute atomic E-state index is 0.0219. The Kier molecular flexibility index (Phi) is 5.24. The molecule has 1 amide bonds. The Balaban J connectivity index is 1.61. The van der Waals surface area contributed by atoms with Crippen molar-refractivity contribution in [3.8, 4) is 11.5 Å². The molecule has 1 aliphatic rings. The van der Waals surface area contributed by atoms with Gasteiger partial charge in [0.15, 0.2) is 11.6 Å². The van der Waals surface area contributed by atoms with Crippen molar-refractivity contribution in [2.75, 3.05) is 6.54 Å². The third-order valence-electron chi connectivity index (χ3n) is 5.24. The molecule has 8 nitrogen and oxygen atoms in total. The first kappa shape index (κ1) is 19.0. The summed E-state index contributed by atoms with van der Waals surface area (Å²) in [5.41, 5.74) is 1.89. The lowest BCUT2D eigenvalue weighted by atomic mass is 10.1. The zero-order valence-electron chi connectivity index (χ0n) is 16.5. The number of benzene rings is 1. The van der Waals surface area contributed by atoms with Gasteiger partial charge in [-0.05, 0) is 31.9 Å². The molecule has 150 valence electrons. The number of rotatable bonds is 4. The Morgan fingerprint density at radius 3 is 2.55 bits per heavy atom. The van der Waals surface area contributed by atoms with Gasteiger partial charge in [0.05, 0.1) is 17.8 Å². The summed E-state index contributed by atoms with van der Waals surface area (Å²) < 4.78 is 7.12. The Morgan fingerprint density at radius 2 is 1.86 bits per heavy atom. The van der Waals surface area contributed by atoms with Crippen LogP contribution in [0.5, 0.6) is 0 Å². The van der Waals surface area contributed by atoms with E-state index in [0.717, 1.165) is 31.2 Å². The van der Waals surface area contributed by atoms with Crippen molar-refractivity contribution in [1.82, 2.24) is 24.8 Å². The zero-order chi connectivity index (χ0) is 20.4. The van der Waals surface area contributed by atoms with Crippen molar-refractivity contribution >= 4 is 11.7 Å². The highest BCUT2D eigenvalue weighted by molar-refractivity contribution is 5.97. The van der Waals surface area contributed by atoms with Crippen LogP contribution in [-0.4, -0.2) is 43.1 Å². The number of aryl methyl sites for hydroxylation is 1. The number of Topliss-reactive ketones (excluding diaryl/α,β-unsaturated/α-hetero) is 1. The number of ketones is 1. The van der Waals surface area contributed by atoms with Gasteiger partial charge in [-0.2, -0.15) is 10.1 Å². The Bertz CT molecular complexity index is 1020. The standard InChI is InChI=1S/C21H23N5O3/c1-14(27)15-7-9-16(10-8-15)21(28)26-11-5-3-4-6-18(26)19-23-20(29-24-19)17-12-22-25(2)13-17/h7-10,12-13,18H,3-6,11H2,1-2H3/t18-/m0/s1. The van der Waals surface area contributed by atoms with Gasteiger partial charge in [-0.25, -0.2) is 0 Å². The normalized spacial score (nSPS) is 17.2. The van der Waals surface area contributed by atoms with Gasteiger partial charge in [0.25, 0.3) is 11.8 Å². The SMILES string of the molecule is CC(=O)c1ccc(C(=O)N2CCCCC[C@H]2c2noc(-c3cnn(C)c3)n2)cc1. The molecule has 8 heteroatoms. The Morgan fingerprint density at radius 1 is 1.10 bits per heavy atom. The fraction of sp³-hybridized carbons (Fsp3) is 0.381. The van der Waals surface area contributed by atoms with Crippen LogP contribution in [-0.2, 0) is 7.05 Å². The summed E-state index contributed by atoms with van der Waals surface area (Å²) in [5.74, 6) is 0.807. The second-order valence-electron chi connectivity index (χ2n) is 7.36. The maximum atomic E-state index is 13.2. The quantitative estimate of drug-likeness (QED) is 0.630. The Labute approximate surface area is 168 Å². The van der Waals surface area contributed by atoms with E-state index in [0.29, 0.717) is 29.4 Å². The van der Waals surface area contributed by atoms with Crippen molar-refractivity contribution in [3.05, 3.63) is 53.6 Å². The smallest absolute Gasteiger partial charge is 0.261 e. The van der Waals surface area contributed by atoms with Crippen LogP contribution in [0, 0.1) is 0 Å². The van der Waals surface area contributed by atoms with Crippen molar-refractivity contribution < 1.29 is 14.1 Å². The van der Waals surface area contributed by atoms with Gasteiger partial charge < -0.3 is 9.42 Å². The summed E-state index contributed by atoms with van der Waals surface area (Å²) in [6.45, 7) is 2.15. The van der Waals surface area contributed by atoms with Crippen LogP contribution in [0.4, 0.5) is 0 Å². The molecule has 1 saturated heterocycles. The monoisotopic (exact) mass is 393 g/mol. The van der Waals surface area contributed by atoms with E-state index in [2.05, 4.69) is 15.2 Å². The molecule has 0 radical (unpaired) electrons. The van der Waals surface area contributed by atoms with Crippen molar-refractivity contribution in [2.45, 2.75) is 38.6 Å². The molecule has 3 aromatic rings. The number of nitrogens with zero attached hydrogens (tertiary/aromatic N) is 5. The van der Waals surface area contributed by atoms with Gasteiger partial charge in [-0.3, -0.25) is 14.3 Å². The molecule has 29 heavy (non-hydrogen) atoms. The number of hydrogen-bond acceptors (Lipinski definition) is 6. The molecule has 0 aliphatic carbocycles. The molecule has 1 aliphatic heterocycles. The van der Waals surface area contributed by atoms with E-state index >= 15 is 0 Å². The molecular formula is C21H23N5O3. The van der Waals surface area contributed by atoms with Crippen molar-refractivity contribution in [3.63, 3.8) is 0 Å². The first-order valence-electron chi connectivity index (χ1n) is 9.77. The lowest BCUT2D eigenvalue weighted by Gasteiger charge is -2.28. The van der Waals surface area contributed by atoms with E-state index in [9.17, 15) is 9.59 Å². The largest absolute Gasteiger partial charge is 0.334 e. The summed E-state index contributed by atoms with van der Waals surface area (Å²) in [7, 11) is 1.82. The van der Waals surface area contributed by atoms with Crippen molar-refractivity contribution in [1.29, 1.82) is 0 Å². The first-order chi connectivity index (χ1) is 14.0. The molecule has 3 heterocycles. The maximum absolute atomic E-state index is 13.2. The summed E-state index contributed by atoms with van der Waals surface area (Å²) in [6, 6.07) is 6.55. The lowest BCUT2D eigenvalue weighted by molar-refractivity contribution is 0.0670. The van der Waals surface area contributed by atoms with Gasteiger partial charge in [0.2, 0.25) is 0 Å². The molecule has 1 fully saturated rings. The summed E-state index contributed by atoms with van der Waals surface area (Å²) in [5, 5.41) is 8.30. The van der Waals surface area contributed by atoms with E-state index in [1.165, 1.54) is 6.92 Å². The molecule has 4 rings (SSSR count). The highest BCUT2D eigenvalue weighted by Crippen LogP contribution is 2.31. The number of carbonyl (C=O) groups excluding carboxylic acids is 2. The van der Waals surface area contributed by atoms with Crippen LogP contribution in [0.3, 0.4) is 0 Å². The predicted octanol–water partition coefficient (Wildman–Crippen LogP) is 3.43. The van der Waals surface area contributed by atoms with E-state index < -0.39 is 0 Å². The number of aromatic nitrogens is 4. The third-order valence-corrected chi connectivity index (χ3v) is 5.24. The molecule has 0 spiro atoms.